The fourth-order valence-corrected chi connectivity index (χ4v) is 5.05. The van der Waals surface area contributed by atoms with Crippen LogP contribution in [0, 0.1) is 11.8 Å². The maximum absolute atomic E-state index is 13.7. The number of carbonyl (C=O) groups is 3. The molecule has 0 fully saturated rings. The van der Waals surface area contributed by atoms with Crippen molar-refractivity contribution in [2.75, 3.05) is 19.7 Å². The van der Waals surface area contributed by atoms with E-state index in [1.165, 1.54) is 0 Å². The average molecular weight is 614 g/mol. The van der Waals surface area contributed by atoms with E-state index in [2.05, 4.69) is 26.3 Å². The number of halogens is 1. The van der Waals surface area contributed by atoms with Gasteiger partial charge in [-0.25, -0.2) is 0 Å². The lowest BCUT2D eigenvalue weighted by molar-refractivity contribution is -0.133. The van der Waals surface area contributed by atoms with Gasteiger partial charge in [-0.15, -0.1) is 0 Å². The molecule has 0 radical (unpaired) electrons. The Labute approximate surface area is 258 Å². The summed E-state index contributed by atoms with van der Waals surface area (Å²) < 4.78 is 6.21. The SMILES string of the molecule is CC(C)[C@H]1NC(=O)[C@@H](Cc2cccc(Cl)c2)N[C@H](C)COc2ccccc2C[C@@H](C)CNC(=O)[C@H](CN=C(N)N)NC1=O. The zero-order valence-corrected chi connectivity index (χ0v) is 26.0. The van der Waals surface area contributed by atoms with E-state index < -0.39 is 29.9 Å². The normalized spacial score (nSPS) is 24.3. The minimum Gasteiger partial charge on any atom is -0.492 e. The zero-order chi connectivity index (χ0) is 31.5. The molecule has 1 heterocycles. The second-order valence-corrected chi connectivity index (χ2v) is 11.9. The Bertz CT molecular complexity index is 1280. The number of nitrogens with two attached hydrogens (primary N) is 2. The van der Waals surface area contributed by atoms with Crippen molar-refractivity contribution in [1.82, 2.24) is 21.3 Å². The monoisotopic (exact) mass is 613 g/mol. The molecule has 0 aliphatic carbocycles. The molecule has 1 aliphatic heterocycles. The molecular formula is C31H44ClN7O4. The molecule has 234 valence electrons. The first-order valence-corrected chi connectivity index (χ1v) is 15.0. The van der Waals surface area contributed by atoms with E-state index >= 15 is 0 Å². The third-order valence-corrected chi connectivity index (χ3v) is 7.36. The lowest BCUT2D eigenvalue weighted by Gasteiger charge is -2.29. The Morgan fingerprint density at radius 2 is 1.74 bits per heavy atom. The smallest absolute Gasteiger partial charge is 0.244 e. The van der Waals surface area contributed by atoms with Gasteiger partial charge in [0.25, 0.3) is 0 Å². The zero-order valence-electron chi connectivity index (χ0n) is 25.2. The average Bonchev–Trinajstić information content (AvgIpc) is 2.95. The summed E-state index contributed by atoms with van der Waals surface area (Å²) in [6.07, 6.45) is 0.977. The van der Waals surface area contributed by atoms with Crippen molar-refractivity contribution in [1.29, 1.82) is 0 Å². The number of nitrogens with zero attached hydrogens (tertiary/aromatic N) is 1. The fraction of sp³-hybridized carbons (Fsp3) is 0.484. The number of hydrogen-bond donors (Lipinski definition) is 6. The Balaban J connectivity index is 1.95. The number of para-hydroxylation sites is 1. The Kier molecular flexibility index (Phi) is 12.6. The highest BCUT2D eigenvalue weighted by Crippen LogP contribution is 2.22. The summed E-state index contributed by atoms with van der Waals surface area (Å²) >= 11 is 6.22. The number of carbonyl (C=O) groups excluding carboxylic acids is 3. The van der Waals surface area contributed by atoms with Crippen LogP contribution in [0.2, 0.25) is 5.02 Å². The van der Waals surface area contributed by atoms with E-state index in [1.54, 1.807) is 12.1 Å². The van der Waals surface area contributed by atoms with Crippen LogP contribution in [0.4, 0.5) is 0 Å². The molecule has 3 rings (SSSR count). The number of hydrogen-bond acceptors (Lipinski definition) is 6. The van der Waals surface area contributed by atoms with Crippen molar-refractivity contribution < 1.29 is 19.1 Å². The minimum absolute atomic E-state index is 0.0624. The number of nitrogens with one attached hydrogen (secondary N) is 4. The first-order valence-electron chi connectivity index (χ1n) is 14.6. The minimum atomic E-state index is -1.05. The molecule has 11 nitrogen and oxygen atoms in total. The predicted molar refractivity (Wildman–Crippen MR) is 169 cm³/mol. The summed E-state index contributed by atoms with van der Waals surface area (Å²) in [4.78, 5) is 44.4. The van der Waals surface area contributed by atoms with Gasteiger partial charge in [0.15, 0.2) is 5.96 Å². The number of aliphatic imine (C=N–C) groups is 1. The Morgan fingerprint density at radius 3 is 2.44 bits per heavy atom. The van der Waals surface area contributed by atoms with E-state index in [1.807, 2.05) is 64.1 Å². The van der Waals surface area contributed by atoms with Crippen LogP contribution >= 0.6 is 11.6 Å². The lowest BCUT2D eigenvalue weighted by atomic mass is 9.99. The highest BCUT2D eigenvalue weighted by Gasteiger charge is 2.32. The summed E-state index contributed by atoms with van der Waals surface area (Å²) in [5, 5.41) is 12.5. The number of benzene rings is 2. The van der Waals surface area contributed by atoms with Crippen molar-refractivity contribution in [3.05, 3.63) is 64.7 Å². The molecule has 0 unspecified atom stereocenters. The van der Waals surface area contributed by atoms with Crippen LogP contribution in [0.25, 0.3) is 0 Å². The second-order valence-electron chi connectivity index (χ2n) is 11.5. The van der Waals surface area contributed by atoms with Crippen molar-refractivity contribution in [3.63, 3.8) is 0 Å². The van der Waals surface area contributed by atoms with Gasteiger partial charge in [0.05, 0.1) is 12.6 Å². The van der Waals surface area contributed by atoms with E-state index in [9.17, 15) is 14.4 Å². The van der Waals surface area contributed by atoms with E-state index in [0.29, 0.717) is 31.0 Å². The summed E-state index contributed by atoms with van der Waals surface area (Å²) in [7, 11) is 0. The van der Waals surface area contributed by atoms with Gasteiger partial charge >= 0.3 is 0 Å². The van der Waals surface area contributed by atoms with Gasteiger partial charge in [0.2, 0.25) is 17.7 Å². The summed E-state index contributed by atoms with van der Waals surface area (Å²) in [5.41, 5.74) is 12.9. The maximum atomic E-state index is 13.7. The highest BCUT2D eigenvalue weighted by atomic mass is 35.5. The van der Waals surface area contributed by atoms with E-state index in [-0.39, 0.29) is 36.3 Å². The van der Waals surface area contributed by atoms with Crippen LogP contribution in [-0.4, -0.2) is 67.5 Å². The highest BCUT2D eigenvalue weighted by molar-refractivity contribution is 6.30. The largest absolute Gasteiger partial charge is 0.492 e. The molecule has 2 aromatic rings. The molecule has 2 aromatic carbocycles. The van der Waals surface area contributed by atoms with Gasteiger partial charge in [-0.05, 0) is 60.9 Å². The molecule has 3 amide bonds. The Morgan fingerprint density at radius 1 is 1.00 bits per heavy atom. The van der Waals surface area contributed by atoms with Crippen molar-refractivity contribution in [2.24, 2.45) is 28.3 Å². The molecule has 5 atom stereocenters. The molecule has 0 saturated heterocycles. The molecule has 0 bridgehead atoms. The number of fused-ring (bicyclic) bond motifs is 1. The van der Waals surface area contributed by atoms with Crippen LogP contribution < -0.4 is 37.5 Å². The van der Waals surface area contributed by atoms with Gasteiger partial charge in [0, 0.05) is 17.6 Å². The number of amides is 3. The summed E-state index contributed by atoms with van der Waals surface area (Å²) in [6.45, 7) is 8.11. The molecule has 1 aliphatic rings. The van der Waals surface area contributed by atoms with Gasteiger partial charge in [-0.3, -0.25) is 24.7 Å². The summed E-state index contributed by atoms with van der Waals surface area (Å²) in [6, 6.07) is 12.2. The van der Waals surface area contributed by atoms with Crippen LogP contribution in [0.1, 0.15) is 38.8 Å². The first kappa shape index (κ1) is 33.7. The molecule has 8 N–H and O–H groups in total. The molecule has 0 saturated carbocycles. The standard InChI is InChI=1S/C31H44ClN7O4/c1-18(2)27-30(42)38-25(16-36-31(33)34)28(40)35-15-19(3)12-22-9-5-6-11-26(22)43-17-20(4)37-24(29(41)39-27)14-21-8-7-10-23(32)13-21/h5-11,13,18-20,24-25,27,37H,12,14-17H2,1-4H3,(H,35,40)(H,38,42)(H,39,41)(H4,33,34,36)/t19-,20-,24-,25+,27-/m1/s1. The molecule has 43 heavy (non-hydrogen) atoms. The van der Waals surface area contributed by atoms with Crippen LogP contribution in [-0.2, 0) is 27.2 Å². The van der Waals surface area contributed by atoms with E-state index in [0.717, 1.165) is 16.9 Å². The molecule has 12 heteroatoms. The van der Waals surface area contributed by atoms with Gasteiger partial charge in [-0.1, -0.05) is 62.7 Å². The third-order valence-electron chi connectivity index (χ3n) is 7.12. The fourth-order valence-electron chi connectivity index (χ4n) is 4.83. The molecular weight excluding hydrogens is 570 g/mol. The topological polar surface area (TPSA) is 173 Å². The van der Waals surface area contributed by atoms with Crippen LogP contribution in [0.5, 0.6) is 5.75 Å². The van der Waals surface area contributed by atoms with Gasteiger partial charge in [-0.2, -0.15) is 0 Å². The van der Waals surface area contributed by atoms with Crippen LogP contribution in [0.3, 0.4) is 0 Å². The molecule has 0 spiro atoms. The number of ether oxygens (including phenoxy) is 1. The van der Waals surface area contributed by atoms with Crippen molar-refractivity contribution in [3.8, 4) is 5.75 Å². The predicted octanol–water partition coefficient (Wildman–Crippen LogP) is 1.52. The van der Waals surface area contributed by atoms with Crippen molar-refractivity contribution >= 4 is 35.3 Å². The van der Waals surface area contributed by atoms with Gasteiger partial charge < -0.3 is 32.2 Å². The molecule has 0 aromatic heterocycles. The van der Waals surface area contributed by atoms with Gasteiger partial charge in [0.1, 0.15) is 24.4 Å². The lowest BCUT2D eigenvalue weighted by Crippen LogP contribution is -2.59. The first-order chi connectivity index (χ1) is 20.4. The van der Waals surface area contributed by atoms with Crippen LogP contribution in [0.15, 0.2) is 53.5 Å². The Hall–Kier alpha value is -3.83. The second kappa shape index (κ2) is 16.1. The number of rotatable bonds is 5. The van der Waals surface area contributed by atoms with E-state index in [4.69, 9.17) is 27.8 Å². The maximum Gasteiger partial charge on any atom is 0.244 e. The summed E-state index contributed by atoms with van der Waals surface area (Å²) in [5.74, 6) is -1.01. The van der Waals surface area contributed by atoms with Crippen molar-refractivity contribution in [2.45, 2.75) is 64.7 Å². The number of guanidine groups is 1. The third kappa shape index (κ3) is 10.7. The quantitative estimate of drug-likeness (QED) is 0.219.